The van der Waals surface area contributed by atoms with Gasteiger partial charge in [0.1, 0.15) is 0 Å². The number of rotatable bonds is 0. The maximum absolute atomic E-state index is 12.1. The molecule has 1 atom stereocenters. The highest BCUT2D eigenvalue weighted by atomic mass is 19.4. The van der Waals surface area contributed by atoms with E-state index in [4.69, 9.17) is 0 Å². The first-order valence-electron chi connectivity index (χ1n) is 3.23. The van der Waals surface area contributed by atoms with E-state index in [1.165, 1.54) is 6.92 Å². The molecule has 1 heterocycles. The maximum Gasteiger partial charge on any atom is 0.395 e. The Hall–Kier alpha value is -0.250. The average molecular weight is 153 g/mol. The minimum Gasteiger partial charge on any atom is -0.316 e. The van der Waals surface area contributed by atoms with E-state index in [2.05, 4.69) is 5.32 Å². The molecule has 1 nitrogen and oxygen atoms in total. The van der Waals surface area contributed by atoms with Crippen molar-refractivity contribution in [3.8, 4) is 0 Å². The number of alkyl halides is 3. The van der Waals surface area contributed by atoms with E-state index in [-0.39, 0.29) is 13.0 Å². The highest BCUT2D eigenvalue weighted by Crippen LogP contribution is 2.41. The molecule has 1 saturated heterocycles. The van der Waals surface area contributed by atoms with Crippen molar-refractivity contribution in [3.63, 3.8) is 0 Å². The van der Waals surface area contributed by atoms with E-state index in [0.29, 0.717) is 6.54 Å². The lowest BCUT2D eigenvalue weighted by atomic mass is 9.89. The molecule has 0 spiro atoms. The summed E-state index contributed by atoms with van der Waals surface area (Å²) in [4.78, 5) is 0. The lowest BCUT2D eigenvalue weighted by molar-refractivity contribution is -0.210. The zero-order chi connectivity index (χ0) is 7.83. The van der Waals surface area contributed by atoms with Crippen molar-refractivity contribution in [3.05, 3.63) is 0 Å². The molecule has 0 unspecified atom stereocenters. The van der Waals surface area contributed by atoms with Gasteiger partial charge in [0.2, 0.25) is 0 Å². The van der Waals surface area contributed by atoms with Crippen LogP contribution in [0.15, 0.2) is 0 Å². The molecular weight excluding hydrogens is 143 g/mol. The van der Waals surface area contributed by atoms with Crippen LogP contribution in [-0.4, -0.2) is 19.3 Å². The second kappa shape index (κ2) is 2.12. The Balaban J connectivity index is 2.67. The molecule has 1 rings (SSSR count). The zero-order valence-corrected chi connectivity index (χ0v) is 5.76. The normalized spacial score (nSPS) is 34.8. The summed E-state index contributed by atoms with van der Waals surface area (Å²) in [6.45, 7) is 1.81. The van der Waals surface area contributed by atoms with E-state index in [9.17, 15) is 13.2 Å². The fourth-order valence-corrected chi connectivity index (χ4v) is 1.06. The van der Waals surface area contributed by atoms with Gasteiger partial charge in [-0.25, -0.2) is 0 Å². The molecule has 0 amide bonds. The summed E-state index contributed by atoms with van der Waals surface area (Å²) >= 11 is 0. The Bertz CT molecular complexity index is 123. The number of hydrogen-bond acceptors (Lipinski definition) is 1. The van der Waals surface area contributed by atoms with Gasteiger partial charge < -0.3 is 5.32 Å². The van der Waals surface area contributed by atoms with Crippen molar-refractivity contribution >= 4 is 0 Å². The summed E-state index contributed by atoms with van der Waals surface area (Å²) in [6.07, 6.45) is -3.84. The van der Waals surface area contributed by atoms with E-state index >= 15 is 0 Å². The summed E-state index contributed by atoms with van der Waals surface area (Å²) < 4.78 is 36.3. The fourth-order valence-electron chi connectivity index (χ4n) is 1.06. The van der Waals surface area contributed by atoms with Gasteiger partial charge in [0.25, 0.3) is 0 Å². The monoisotopic (exact) mass is 153 g/mol. The molecule has 0 aromatic rings. The molecule has 0 aliphatic carbocycles. The van der Waals surface area contributed by atoms with E-state index in [1.54, 1.807) is 0 Å². The average Bonchev–Trinajstić information content (AvgIpc) is 2.13. The Kier molecular flexibility index (Phi) is 1.66. The predicted molar refractivity (Wildman–Crippen MR) is 31.6 cm³/mol. The van der Waals surface area contributed by atoms with Crippen LogP contribution < -0.4 is 5.32 Å². The highest BCUT2D eigenvalue weighted by Gasteiger charge is 2.52. The molecule has 1 N–H and O–H groups in total. The molecular formula is C6H10F3N. The van der Waals surface area contributed by atoms with Gasteiger partial charge in [-0.2, -0.15) is 13.2 Å². The van der Waals surface area contributed by atoms with Crippen LogP contribution in [0.1, 0.15) is 13.3 Å². The number of nitrogens with one attached hydrogen (secondary N) is 1. The SMILES string of the molecule is C[C@]1(C(F)(F)F)CCNC1. The maximum atomic E-state index is 12.1. The summed E-state index contributed by atoms with van der Waals surface area (Å²) in [5.74, 6) is 0. The predicted octanol–water partition coefficient (Wildman–Crippen LogP) is 1.55. The van der Waals surface area contributed by atoms with Gasteiger partial charge in [-0.1, -0.05) is 0 Å². The molecule has 10 heavy (non-hydrogen) atoms. The van der Waals surface area contributed by atoms with Crippen LogP contribution in [0.5, 0.6) is 0 Å². The molecule has 0 bridgehead atoms. The van der Waals surface area contributed by atoms with Crippen LogP contribution in [0.3, 0.4) is 0 Å². The van der Waals surface area contributed by atoms with Gasteiger partial charge in [0, 0.05) is 6.54 Å². The Labute approximate surface area is 57.6 Å². The van der Waals surface area contributed by atoms with Crippen molar-refractivity contribution in [1.82, 2.24) is 5.32 Å². The molecule has 0 saturated carbocycles. The van der Waals surface area contributed by atoms with E-state index in [1.807, 2.05) is 0 Å². The minimum atomic E-state index is -4.05. The highest BCUT2D eigenvalue weighted by molar-refractivity contribution is 4.89. The van der Waals surface area contributed by atoms with Gasteiger partial charge in [0.05, 0.1) is 5.41 Å². The largest absolute Gasteiger partial charge is 0.395 e. The van der Waals surface area contributed by atoms with E-state index < -0.39 is 11.6 Å². The third-order valence-corrected chi connectivity index (χ3v) is 2.05. The van der Waals surface area contributed by atoms with Crippen LogP contribution in [-0.2, 0) is 0 Å². The summed E-state index contributed by atoms with van der Waals surface area (Å²) in [5.41, 5.74) is -1.48. The van der Waals surface area contributed by atoms with Gasteiger partial charge in [0.15, 0.2) is 0 Å². The van der Waals surface area contributed by atoms with Crippen LogP contribution in [0.4, 0.5) is 13.2 Å². The first kappa shape index (κ1) is 7.85. The van der Waals surface area contributed by atoms with Gasteiger partial charge in [-0.15, -0.1) is 0 Å². The van der Waals surface area contributed by atoms with Crippen molar-refractivity contribution in [2.75, 3.05) is 13.1 Å². The summed E-state index contributed by atoms with van der Waals surface area (Å²) in [6, 6.07) is 0. The topological polar surface area (TPSA) is 12.0 Å². The van der Waals surface area contributed by atoms with Crippen LogP contribution in [0, 0.1) is 5.41 Å². The first-order valence-corrected chi connectivity index (χ1v) is 3.23. The van der Waals surface area contributed by atoms with Crippen molar-refractivity contribution < 1.29 is 13.2 Å². The molecule has 1 aliphatic rings. The fraction of sp³-hybridized carbons (Fsp3) is 1.00. The van der Waals surface area contributed by atoms with Crippen molar-refractivity contribution in [2.24, 2.45) is 5.41 Å². The summed E-state index contributed by atoms with van der Waals surface area (Å²) in [7, 11) is 0. The number of hydrogen-bond donors (Lipinski definition) is 1. The van der Waals surface area contributed by atoms with Gasteiger partial charge >= 0.3 is 6.18 Å². The van der Waals surface area contributed by atoms with Crippen LogP contribution in [0.2, 0.25) is 0 Å². The smallest absolute Gasteiger partial charge is 0.316 e. The third kappa shape index (κ3) is 1.12. The third-order valence-electron chi connectivity index (χ3n) is 2.05. The molecule has 4 heteroatoms. The lowest BCUT2D eigenvalue weighted by Gasteiger charge is -2.25. The molecule has 1 aliphatic heterocycles. The Morgan fingerprint density at radius 2 is 2.00 bits per heavy atom. The lowest BCUT2D eigenvalue weighted by Crippen LogP contribution is -2.36. The summed E-state index contributed by atoms with van der Waals surface area (Å²) in [5, 5.41) is 2.70. The minimum absolute atomic E-state index is 0.0660. The molecule has 60 valence electrons. The second-order valence-electron chi connectivity index (χ2n) is 2.99. The quantitative estimate of drug-likeness (QED) is 0.556. The second-order valence-corrected chi connectivity index (χ2v) is 2.99. The van der Waals surface area contributed by atoms with Gasteiger partial charge in [-0.05, 0) is 19.9 Å². The number of halogens is 3. The molecule has 0 aromatic heterocycles. The molecule has 1 fully saturated rings. The first-order chi connectivity index (χ1) is 4.46. The van der Waals surface area contributed by atoms with Gasteiger partial charge in [-0.3, -0.25) is 0 Å². The Morgan fingerprint density at radius 3 is 2.20 bits per heavy atom. The standard InChI is InChI=1S/C6H10F3N/c1-5(6(7,8)9)2-3-10-4-5/h10H,2-4H2,1H3/t5-/m0/s1. The van der Waals surface area contributed by atoms with Crippen LogP contribution in [0.25, 0.3) is 0 Å². The van der Waals surface area contributed by atoms with Crippen molar-refractivity contribution in [2.45, 2.75) is 19.5 Å². The zero-order valence-electron chi connectivity index (χ0n) is 5.76. The Morgan fingerprint density at radius 1 is 1.40 bits per heavy atom. The van der Waals surface area contributed by atoms with Crippen molar-refractivity contribution in [1.29, 1.82) is 0 Å². The van der Waals surface area contributed by atoms with Crippen LogP contribution >= 0.6 is 0 Å². The van der Waals surface area contributed by atoms with E-state index in [0.717, 1.165) is 0 Å². The molecule has 0 radical (unpaired) electrons. The molecule has 0 aromatic carbocycles.